The summed E-state index contributed by atoms with van der Waals surface area (Å²) in [7, 11) is -3.96. The smallest absolute Gasteiger partial charge is 0.300 e. The van der Waals surface area contributed by atoms with E-state index >= 15 is 0 Å². The topological polar surface area (TPSA) is 89.3 Å². The molecule has 0 aliphatic heterocycles. The van der Waals surface area contributed by atoms with E-state index in [1.54, 1.807) is 0 Å². The van der Waals surface area contributed by atoms with Gasteiger partial charge in [0.05, 0.1) is 10.6 Å². The number of anilines is 1. The summed E-state index contributed by atoms with van der Waals surface area (Å²) in [5, 5.41) is 6.99. The lowest BCUT2D eigenvalue weighted by molar-refractivity contribution is -0.111. The lowest BCUT2D eigenvalue weighted by Gasteiger charge is -2.04. The third-order valence-electron chi connectivity index (χ3n) is 1.76. The zero-order valence-corrected chi connectivity index (χ0v) is 9.64. The van der Waals surface area contributed by atoms with Gasteiger partial charge in [-0.1, -0.05) is 5.92 Å². The zero-order chi connectivity index (χ0) is 13.1. The summed E-state index contributed by atoms with van der Waals surface area (Å²) in [5.41, 5.74) is -0.162. The van der Waals surface area contributed by atoms with Gasteiger partial charge in [0, 0.05) is 0 Å². The molecule has 7 heteroatoms. The van der Waals surface area contributed by atoms with Crippen LogP contribution in [0.15, 0.2) is 23.1 Å². The summed E-state index contributed by atoms with van der Waals surface area (Å²) in [6, 6.07) is 2.92. The van der Waals surface area contributed by atoms with Crippen LogP contribution in [-0.4, -0.2) is 14.3 Å². The van der Waals surface area contributed by atoms with Crippen LogP contribution in [0.25, 0.3) is 0 Å². The highest BCUT2D eigenvalue weighted by molar-refractivity contribution is 7.89. The lowest BCUT2D eigenvalue weighted by Crippen LogP contribution is -2.14. The predicted molar refractivity (Wildman–Crippen MR) is 59.9 cm³/mol. The van der Waals surface area contributed by atoms with E-state index in [1.165, 1.54) is 6.92 Å². The quantitative estimate of drug-likeness (QED) is 0.752. The Hall–Kier alpha value is -1.91. The first-order valence-electron chi connectivity index (χ1n) is 4.40. The van der Waals surface area contributed by atoms with Crippen molar-refractivity contribution >= 4 is 21.6 Å². The zero-order valence-electron chi connectivity index (χ0n) is 8.82. The summed E-state index contributed by atoms with van der Waals surface area (Å²) in [5.74, 6) is 2.91. The first-order chi connectivity index (χ1) is 7.84. The minimum atomic E-state index is -3.96. The highest BCUT2D eigenvalue weighted by atomic mass is 32.2. The summed E-state index contributed by atoms with van der Waals surface area (Å²) in [6.45, 7) is 1.46. The van der Waals surface area contributed by atoms with E-state index in [2.05, 4.69) is 17.2 Å². The van der Waals surface area contributed by atoms with Gasteiger partial charge in [-0.25, -0.2) is 17.9 Å². The Kier molecular flexibility index (Phi) is 3.83. The second-order valence-corrected chi connectivity index (χ2v) is 4.58. The van der Waals surface area contributed by atoms with E-state index in [-0.39, 0.29) is 10.6 Å². The van der Waals surface area contributed by atoms with Gasteiger partial charge < -0.3 is 5.32 Å². The molecule has 1 rings (SSSR count). The molecule has 0 atom stereocenters. The molecule has 0 radical (unpaired) electrons. The van der Waals surface area contributed by atoms with Crippen LogP contribution in [0.1, 0.15) is 6.92 Å². The summed E-state index contributed by atoms with van der Waals surface area (Å²) >= 11 is 0. The Morgan fingerprint density at radius 2 is 2.12 bits per heavy atom. The van der Waals surface area contributed by atoms with Crippen LogP contribution < -0.4 is 10.5 Å². The van der Waals surface area contributed by atoms with E-state index in [4.69, 9.17) is 5.14 Å². The van der Waals surface area contributed by atoms with Crippen LogP contribution in [-0.2, 0) is 14.8 Å². The van der Waals surface area contributed by atoms with Crippen LogP contribution in [0.4, 0.5) is 10.1 Å². The van der Waals surface area contributed by atoms with Gasteiger partial charge in [0.25, 0.3) is 5.91 Å². The first-order valence-corrected chi connectivity index (χ1v) is 5.95. The van der Waals surface area contributed by atoms with Gasteiger partial charge in [0.2, 0.25) is 10.0 Å². The minimum absolute atomic E-state index is 0.162. The maximum Gasteiger partial charge on any atom is 0.300 e. The molecule has 0 saturated carbocycles. The number of benzene rings is 1. The Morgan fingerprint density at radius 3 is 2.59 bits per heavy atom. The molecule has 0 fully saturated rings. The van der Waals surface area contributed by atoms with Crippen LogP contribution >= 0.6 is 0 Å². The molecular formula is C10H9FN2O3S. The van der Waals surface area contributed by atoms with E-state index in [1.807, 2.05) is 0 Å². The number of sulfonamides is 1. The van der Waals surface area contributed by atoms with Gasteiger partial charge in [0.15, 0.2) is 0 Å². The second-order valence-electron chi connectivity index (χ2n) is 3.02. The maximum atomic E-state index is 13.4. The molecule has 17 heavy (non-hydrogen) atoms. The molecule has 0 unspecified atom stereocenters. The van der Waals surface area contributed by atoms with Gasteiger partial charge in [-0.15, -0.1) is 0 Å². The molecule has 1 aromatic carbocycles. The number of nitrogens with two attached hydrogens (primary N) is 1. The van der Waals surface area contributed by atoms with Crippen molar-refractivity contribution in [2.24, 2.45) is 5.14 Å². The monoisotopic (exact) mass is 256 g/mol. The first kappa shape index (κ1) is 13.2. The number of hydrogen-bond acceptors (Lipinski definition) is 3. The third kappa shape index (κ3) is 3.55. The van der Waals surface area contributed by atoms with Crippen molar-refractivity contribution in [3.05, 3.63) is 24.0 Å². The predicted octanol–water partition coefficient (Wildman–Crippen LogP) is 0.435. The molecule has 0 aromatic heterocycles. The Morgan fingerprint density at radius 1 is 1.47 bits per heavy atom. The molecule has 5 nitrogen and oxygen atoms in total. The van der Waals surface area contributed by atoms with Crippen molar-refractivity contribution in [1.29, 1.82) is 0 Å². The summed E-state index contributed by atoms with van der Waals surface area (Å²) in [6.07, 6.45) is 0. The van der Waals surface area contributed by atoms with Crippen molar-refractivity contribution in [1.82, 2.24) is 0 Å². The number of halogens is 1. The third-order valence-corrected chi connectivity index (χ3v) is 2.67. The van der Waals surface area contributed by atoms with E-state index < -0.39 is 21.7 Å². The molecule has 1 amide bonds. The van der Waals surface area contributed by atoms with E-state index in [0.717, 1.165) is 18.2 Å². The van der Waals surface area contributed by atoms with Gasteiger partial charge in [-0.3, -0.25) is 4.79 Å². The van der Waals surface area contributed by atoms with Crippen molar-refractivity contribution in [2.75, 3.05) is 5.32 Å². The SMILES string of the molecule is CC#CC(=O)Nc1ccc(S(N)(=O)=O)cc1F. The fraction of sp³-hybridized carbons (Fsp3) is 0.100. The van der Waals surface area contributed by atoms with Crippen molar-refractivity contribution < 1.29 is 17.6 Å². The summed E-state index contributed by atoms with van der Waals surface area (Å²) in [4.78, 5) is 10.7. The van der Waals surface area contributed by atoms with Crippen molar-refractivity contribution in [3.63, 3.8) is 0 Å². The molecule has 0 saturated heterocycles. The van der Waals surface area contributed by atoms with Crippen LogP contribution in [0.5, 0.6) is 0 Å². The maximum absolute atomic E-state index is 13.4. The lowest BCUT2D eigenvalue weighted by atomic mass is 10.3. The van der Waals surface area contributed by atoms with E-state index in [9.17, 15) is 17.6 Å². The number of amides is 1. The Bertz CT molecular complexity index is 614. The van der Waals surface area contributed by atoms with Crippen LogP contribution in [0, 0.1) is 17.7 Å². The second kappa shape index (κ2) is 4.95. The molecule has 1 aromatic rings. The molecule has 0 bridgehead atoms. The number of nitrogens with one attached hydrogen (secondary N) is 1. The normalized spacial score (nSPS) is 10.3. The number of rotatable bonds is 2. The van der Waals surface area contributed by atoms with Gasteiger partial charge in [-0.2, -0.15) is 0 Å². The van der Waals surface area contributed by atoms with Crippen molar-refractivity contribution in [3.8, 4) is 11.8 Å². The molecule has 3 N–H and O–H groups in total. The van der Waals surface area contributed by atoms with Gasteiger partial charge in [0.1, 0.15) is 5.82 Å². The molecule has 0 aliphatic carbocycles. The average Bonchev–Trinajstić information content (AvgIpc) is 2.20. The number of primary sulfonamides is 1. The van der Waals surface area contributed by atoms with Gasteiger partial charge >= 0.3 is 0 Å². The highest BCUT2D eigenvalue weighted by Crippen LogP contribution is 2.17. The largest absolute Gasteiger partial charge is 0.313 e. The average molecular weight is 256 g/mol. The molecule has 0 spiro atoms. The fourth-order valence-electron chi connectivity index (χ4n) is 1.04. The number of carbonyl (C=O) groups is 1. The molecule has 0 aliphatic rings. The van der Waals surface area contributed by atoms with Crippen LogP contribution in [0.2, 0.25) is 0 Å². The molecular weight excluding hydrogens is 247 g/mol. The number of hydrogen-bond donors (Lipinski definition) is 2. The Labute approximate surface area is 97.9 Å². The standard InChI is InChI=1S/C10H9FN2O3S/c1-2-3-10(14)13-9-5-4-7(6-8(9)11)17(12,15)16/h4-6H,1H3,(H,13,14)(H2,12,15,16). The van der Waals surface area contributed by atoms with Crippen molar-refractivity contribution in [2.45, 2.75) is 11.8 Å². The van der Waals surface area contributed by atoms with E-state index in [0.29, 0.717) is 0 Å². The van der Waals surface area contributed by atoms with Crippen LogP contribution in [0.3, 0.4) is 0 Å². The Balaban J connectivity index is 3.06. The molecule has 90 valence electrons. The summed E-state index contributed by atoms with van der Waals surface area (Å²) < 4.78 is 35.2. The highest BCUT2D eigenvalue weighted by Gasteiger charge is 2.12. The minimum Gasteiger partial charge on any atom is -0.313 e. The van der Waals surface area contributed by atoms with Gasteiger partial charge in [-0.05, 0) is 31.0 Å². The fourth-order valence-corrected chi connectivity index (χ4v) is 1.57. The number of carbonyl (C=O) groups excluding carboxylic acids is 1. The molecule has 0 heterocycles.